The Hall–Kier alpha value is -0.630. The first-order valence-corrected chi connectivity index (χ1v) is 8.72. The molecule has 0 aromatic heterocycles. The summed E-state index contributed by atoms with van der Waals surface area (Å²) in [4.78, 5) is 13.8. The fraction of sp³-hybridized carbons (Fsp3) is 0.417. The second-order valence-corrected chi connectivity index (χ2v) is 7.60. The summed E-state index contributed by atoms with van der Waals surface area (Å²) in [5, 5.41) is 5.32. The van der Waals surface area contributed by atoms with Crippen LogP contribution in [0, 0.1) is 0 Å². The highest BCUT2D eigenvalue weighted by Gasteiger charge is 2.28. The second kappa shape index (κ2) is 5.63. The number of hydrogen-bond donors (Lipinski definition) is 1. The molecule has 0 unspecified atom stereocenters. The van der Waals surface area contributed by atoms with Crippen LogP contribution in [0.4, 0.5) is 0 Å². The molecule has 1 aliphatic rings. The lowest BCUT2D eigenvalue weighted by molar-refractivity contribution is 0.0652. The Bertz CT molecular complexity index is 659. The van der Waals surface area contributed by atoms with Crippen molar-refractivity contribution in [1.82, 2.24) is 4.90 Å². The average molecular weight is 382 g/mol. The first-order valence-electron chi connectivity index (χ1n) is 6.01. The van der Waals surface area contributed by atoms with E-state index < -0.39 is 10.0 Å². The van der Waals surface area contributed by atoms with Gasteiger partial charge in [0.2, 0.25) is 10.0 Å². The van der Waals surface area contributed by atoms with Crippen molar-refractivity contribution in [1.29, 1.82) is 0 Å². The quantitative estimate of drug-likeness (QED) is 0.873. The number of halogens is 2. The third-order valence-electron chi connectivity index (χ3n) is 3.50. The largest absolute Gasteiger partial charge is 0.339 e. The predicted molar refractivity (Wildman–Crippen MR) is 80.3 cm³/mol. The molecule has 20 heavy (non-hydrogen) atoms. The van der Waals surface area contributed by atoms with Gasteiger partial charge in [0.15, 0.2) is 0 Å². The minimum absolute atomic E-state index is 0.146. The average Bonchev–Trinajstić information content (AvgIpc) is 2.23. The number of hydrogen-bond acceptors (Lipinski definition) is 3. The SMILES string of the molecule is CN(C(=O)c1cc(S(N)(=O)=O)c(Br)cc1Cl)C1CCC1. The molecule has 0 aliphatic heterocycles. The van der Waals surface area contributed by atoms with E-state index in [4.69, 9.17) is 16.7 Å². The monoisotopic (exact) mass is 380 g/mol. The van der Waals surface area contributed by atoms with Crippen molar-refractivity contribution in [3.63, 3.8) is 0 Å². The van der Waals surface area contributed by atoms with E-state index in [-0.39, 0.29) is 31.9 Å². The molecular formula is C12H14BrClN2O3S. The van der Waals surface area contributed by atoms with E-state index in [0.717, 1.165) is 19.3 Å². The number of primary sulfonamides is 1. The van der Waals surface area contributed by atoms with Crippen molar-refractivity contribution < 1.29 is 13.2 Å². The van der Waals surface area contributed by atoms with Gasteiger partial charge in [-0.25, -0.2) is 13.6 Å². The van der Waals surface area contributed by atoms with E-state index in [9.17, 15) is 13.2 Å². The van der Waals surface area contributed by atoms with Crippen molar-refractivity contribution in [3.05, 3.63) is 27.2 Å². The summed E-state index contributed by atoms with van der Waals surface area (Å²) < 4.78 is 23.2. The Morgan fingerprint density at radius 2 is 2.05 bits per heavy atom. The summed E-state index contributed by atoms with van der Waals surface area (Å²) in [6.45, 7) is 0. The molecular weight excluding hydrogens is 368 g/mol. The van der Waals surface area contributed by atoms with Crippen LogP contribution < -0.4 is 5.14 Å². The van der Waals surface area contributed by atoms with E-state index in [1.807, 2.05) is 0 Å². The number of benzene rings is 1. The second-order valence-electron chi connectivity index (χ2n) is 4.81. The zero-order valence-electron chi connectivity index (χ0n) is 10.8. The van der Waals surface area contributed by atoms with Crippen LogP contribution in [0.1, 0.15) is 29.6 Å². The van der Waals surface area contributed by atoms with E-state index in [0.29, 0.717) is 0 Å². The molecule has 0 saturated heterocycles. The fourth-order valence-corrected chi connectivity index (χ4v) is 4.05. The number of sulfonamides is 1. The number of nitrogens with two attached hydrogens (primary N) is 1. The van der Waals surface area contributed by atoms with Gasteiger partial charge in [-0.05, 0) is 47.3 Å². The van der Waals surface area contributed by atoms with Gasteiger partial charge in [0.05, 0.1) is 15.5 Å². The first-order chi connectivity index (χ1) is 9.21. The Labute approximate surface area is 131 Å². The minimum atomic E-state index is -3.92. The lowest BCUT2D eigenvalue weighted by Gasteiger charge is -2.35. The van der Waals surface area contributed by atoms with Gasteiger partial charge in [0.25, 0.3) is 5.91 Å². The molecule has 1 aromatic rings. The van der Waals surface area contributed by atoms with Crippen molar-refractivity contribution in [2.75, 3.05) is 7.05 Å². The van der Waals surface area contributed by atoms with E-state index >= 15 is 0 Å². The third-order valence-corrected chi connectivity index (χ3v) is 5.68. The minimum Gasteiger partial charge on any atom is -0.339 e. The number of rotatable bonds is 3. The van der Waals surface area contributed by atoms with E-state index in [1.165, 1.54) is 12.1 Å². The zero-order chi connectivity index (χ0) is 15.1. The normalized spacial score (nSPS) is 15.8. The van der Waals surface area contributed by atoms with Gasteiger partial charge in [0.1, 0.15) is 0 Å². The Morgan fingerprint density at radius 3 is 2.50 bits per heavy atom. The van der Waals surface area contributed by atoms with Crippen LogP contribution in [-0.4, -0.2) is 32.3 Å². The van der Waals surface area contributed by atoms with Crippen LogP contribution >= 0.6 is 27.5 Å². The number of amides is 1. The number of nitrogens with zero attached hydrogens (tertiary/aromatic N) is 1. The topological polar surface area (TPSA) is 80.5 Å². The van der Waals surface area contributed by atoms with Crippen molar-refractivity contribution in [2.45, 2.75) is 30.2 Å². The molecule has 2 rings (SSSR count). The molecule has 2 N–H and O–H groups in total. The number of carbonyl (C=O) groups is 1. The van der Waals surface area contributed by atoms with Crippen molar-refractivity contribution in [3.8, 4) is 0 Å². The van der Waals surface area contributed by atoms with Gasteiger partial charge in [-0.2, -0.15) is 0 Å². The summed E-state index contributed by atoms with van der Waals surface area (Å²) in [6.07, 6.45) is 3.01. The smallest absolute Gasteiger partial charge is 0.255 e. The molecule has 8 heteroatoms. The van der Waals surface area contributed by atoms with E-state index in [2.05, 4.69) is 15.9 Å². The Kier molecular flexibility index (Phi) is 4.44. The zero-order valence-corrected chi connectivity index (χ0v) is 13.9. The summed E-state index contributed by atoms with van der Waals surface area (Å²) >= 11 is 9.13. The Balaban J connectivity index is 2.43. The summed E-state index contributed by atoms with van der Waals surface area (Å²) in [7, 11) is -2.22. The molecule has 0 atom stereocenters. The maximum atomic E-state index is 12.4. The number of carbonyl (C=O) groups excluding carboxylic acids is 1. The van der Waals surface area contributed by atoms with Gasteiger partial charge >= 0.3 is 0 Å². The van der Waals surface area contributed by atoms with Crippen LogP contribution in [0.5, 0.6) is 0 Å². The van der Waals surface area contributed by atoms with Gasteiger partial charge < -0.3 is 4.90 Å². The molecule has 1 aliphatic carbocycles. The van der Waals surface area contributed by atoms with Gasteiger partial charge in [-0.15, -0.1) is 0 Å². The molecule has 1 saturated carbocycles. The Morgan fingerprint density at radius 1 is 1.45 bits per heavy atom. The van der Waals surface area contributed by atoms with Crippen molar-refractivity contribution >= 4 is 43.5 Å². The maximum Gasteiger partial charge on any atom is 0.255 e. The fourth-order valence-electron chi connectivity index (χ4n) is 2.04. The molecule has 5 nitrogen and oxygen atoms in total. The molecule has 0 spiro atoms. The summed E-state index contributed by atoms with van der Waals surface area (Å²) in [6, 6.07) is 2.79. The van der Waals surface area contributed by atoms with Crippen LogP contribution in [0.15, 0.2) is 21.5 Å². The predicted octanol–water partition coefficient (Wildman–Crippen LogP) is 2.37. The van der Waals surface area contributed by atoms with Crippen LogP contribution in [0.3, 0.4) is 0 Å². The van der Waals surface area contributed by atoms with Crippen LogP contribution in [0.2, 0.25) is 5.02 Å². The lowest BCUT2D eigenvalue weighted by Crippen LogP contribution is -2.41. The first kappa shape index (κ1) is 15.8. The van der Waals surface area contributed by atoms with Gasteiger partial charge in [-0.1, -0.05) is 11.6 Å². The lowest BCUT2D eigenvalue weighted by atomic mass is 9.91. The van der Waals surface area contributed by atoms with Crippen molar-refractivity contribution in [2.24, 2.45) is 5.14 Å². The summed E-state index contributed by atoms with van der Waals surface area (Å²) in [5.74, 6) is -0.294. The van der Waals surface area contributed by atoms with Gasteiger partial charge in [0, 0.05) is 17.6 Å². The summed E-state index contributed by atoms with van der Waals surface area (Å²) in [5.41, 5.74) is 0.147. The molecule has 1 fully saturated rings. The maximum absolute atomic E-state index is 12.4. The van der Waals surface area contributed by atoms with E-state index in [1.54, 1.807) is 11.9 Å². The highest BCUT2D eigenvalue weighted by molar-refractivity contribution is 9.10. The van der Waals surface area contributed by atoms with Gasteiger partial charge in [-0.3, -0.25) is 4.79 Å². The van der Waals surface area contributed by atoms with Crippen LogP contribution in [0.25, 0.3) is 0 Å². The molecule has 110 valence electrons. The highest BCUT2D eigenvalue weighted by Crippen LogP contribution is 2.31. The molecule has 1 aromatic carbocycles. The highest BCUT2D eigenvalue weighted by atomic mass is 79.9. The van der Waals surface area contributed by atoms with Crippen LogP contribution in [-0.2, 0) is 10.0 Å². The molecule has 0 heterocycles. The molecule has 0 radical (unpaired) electrons. The molecule has 1 amide bonds. The third kappa shape index (κ3) is 3.00. The molecule has 0 bridgehead atoms. The standard InChI is InChI=1S/C12H14BrClN2O3S/c1-16(7-3-2-4-7)12(17)8-5-11(20(15,18)19)9(13)6-10(8)14/h5-7H,2-4H2,1H3,(H2,15,18,19).